The Labute approximate surface area is 88.0 Å². The fourth-order valence-electron chi connectivity index (χ4n) is 1.51. The monoisotopic (exact) mass is 203 g/mol. The van der Waals surface area contributed by atoms with Gasteiger partial charge in [-0.05, 0) is 13.0 Å². The topological polar surface area (TPSA) is 69.6 Å². The zero-order valence-corrected chi connectivity index (χ0v) is 8.54. The molecule has 0 radical (unpaired) electrons. The highest BCUT2D eigenvalue weighted by Crippen LogP contribution is 2.17. The summed E-state index contributed by atoms with van der Waals surface area (Å²) >= 11 is 0. The van der Waals surface area contributed by atoms with E-state index in [4.69, 9.17) is 5.73 Å². The lowest BCUT2D eigenvalue weighted by atomic mass is 10.1. The Balaban J connectivity index is 2.32. The summed E-state index contributed by atoms with van der Waals surface area (Å²) in [4.78, 5) is 7.90. The van der Waals surface area contributed by atoms with Crippen molar-refractivity contribution in [1.29, 1.82) is 0 Å². The summed E-state index contributed by atoms with van der Waals surface area (Å²) in [5.74, 6) is 0. The first-order chi connectivity index (χ1) is 7.33. The van der Waals surface area contributed by atoms with Gasteiger partial charge in [-0.15, -0.1) is 0 Å². The largest absolute Gasteiger partial charge is 0.319 e. The van der Waals surface area contributed by atoms with Crippen molar-refractivity contribution in [1.82, 2.24) is 19.7 Å². The third-order valence-corrected chi connectivity index (χ3v) is 2.31. The molecule has 0 saturated heterocycles. The minimum Gasteiger partial charge on any atom is -0.319 e. The molecule has 0 spiro atoms. The predicted octanol–water partition coefficient (Wildman–Crippen LogP) is 0.741. The van der Waals surface area contributed by atoms with Crippen molar-refractivity contribution in [3.63, 3.8) is 0 Å². The van der Waals surface area contributed by atoms with Crippen LogP contribution < -0.4 is 5.73 Å². The van der Waals surface area contributed by atoms with Crippen LogP contribution in [0.3, 0.4) is 0 Å². The molecule has 1 atom stereocenters. The molecule has 2 rings (SSSR count). The highest BCUT2D eigenvalue weighted by atomic mass is 15.3. The lowest BCUT2D eigenvalue weighted by Crippen LogP contribution is -2.17. The molecule has 1 unspecified atom stereocenters. The molecule has 2 aromatic heterocycles. The van der Waals surface area contributed by atoms with E-state index in [0.29, 0.717) is 0 Å². The van der Waals surface area contributed by atoms with Gasteiger partial charge in [0.05, 0.1) is 11.7 Å². The Morgan fingerprint density at radius 3 is 2.80 bits per heavy atom. The van der Waals surface area contributed by atoms with Crippen LogP contribution in [0.1, 0.15) is 24.2 Å². The number of aromatic nitrogens is 4. The van der Waals surface area contributed by atoms with Crippen LogP contribution in [0.5, 0.6) is 0 Å². The molecular formula is C10H13N5. The van der Waals surface area contributed by atoms with Crippen molar-refractivity contribution >= 4 is 0 Å². The maximum Gasteiger partial charge on any atom is 0.115 e. The van der Waals surface area contributed by atoms with Crippen LogP contribution in [0.2, 0.25) is 0 Å². The SMILES string of the molecule is CCn1nccc1C(N)c1cncnc1. The van der Waals surface area contributed by atoms with E-state index in [0.717, 1.165) is 17.8 Å². The van der Waals surface area contributed by atoms with Crippen LogP contribution in [-0.2, 0) is 6.54 Å². The van der Waals surface area contributed by atoms with Gasteiger partial charge < -0.3 is 5.73 Å². The summed E-state index contributed by atoms with van der Waals surface area (Å²) in [6.45, 7) is 2.84. The first kappa shape index (κ1) is 9.79. The molecule has 5 heteroatoms. The van der Waals surface area contributed by atoms with E-state index in [2.05, 4.69) is 15.1 Å². The van der Waals surface area contributed by atoms with Gasteiger partial charge in [-0.25, -0.2) is 9.97 Å². The van der Waals surface area contributed by atoms with Gasteiger partial charge in [0.1, 0.15) is 6.33 Å². The molecule has 5 nitrogen and oxygen atoms in total. The molecule has 0 aliphatic heterocycles. The van der Waals surface area contributed by atoms with Crippen molar-refractivity contribution in [2.24, 2.45) is 5.73 Å². The summed E-state index contributed by atoms with van der Waals surface area (Å²) in [7, 11) is 0. The van der Waals surface area contributed by atoms with Crippen LogP contribution in [0, 0.1) is 0 Å². The number of hydrogen-bond donors (Lipinski definition) is 1. The Bertz CT molecular complexity index is 422. The number of hydrogen-bond acceptors (Lipinski definition) is 4. The molecule has 2 aromatic rings. The minimum atomic E-state index is -0.214. The van der Waals surface area contributed by atoms with Crippen molar-refractivity contribution in [3.05, 3.63) is 42.2 Å². The second-order valence-corrected chi connectivity index (χ2v) is 3.22. The molecule has 0 saturated carbocycles. The lowest BCUT2D eigenvalue weighted by molar-refractivity contribution is 0.599. The van der Waals surface area contributed by atoms with E-state index >= 15 is 0 Å². The van der Waals surface area contributed by atoms with Crippen molar-refractivity contribution in [2.75, 3.05) is 0 Å². The van der Waals surface area contributed by atoms with Gasteiger partial charge >= 0.3 is 0 Å². The Morgan fingerprint density at radius 1 is 1.40 bits per heavy atom. The molecule has 0 bridgehead atoms. The average molecular weight is 203 g/mol. The predicted molar refractivity (Wildman–Crippen MR) is 56.0 cm³/mol. The quantitative estimate of drug-likeness (QED) is 0.798. The second-order valence-electron chi connectivity index (χ2n) is 3.22. The maximum absolute atomic E-state index is 6.10. The number of rotatable bonds is 3. The molecule has 0 fully saturated rings. The number of nitrogens with two attached hydrogens (primary N) is 1. The van der Waals surface area contributed by atoms with Gasteiger partial charge in [-0.3, -0.25) is 4.68 Å². The molecule has 78 valence electrons. The van der Waals surface area contributed by atoms with Crippen molar-refractivity contribution in [3.8, 4) is 0 Å². The van der Waals surface area contributed by atoms with E-state index in [9.17, 15) is 0 Å². The number of aryl methyl sites for hydroxylation is 1. The fraction of sp³-hybridized carbons (Fsp3) is 0.300. The average Bonchev–Trinajstić information content (AvgIpc) is 2.77. The summed E-state index contributed by atoms with van der Waals surface area (Å²) in [5.41, 5.74) is 7.97. The van der Waals surface area contributed by atoms with E-state index in [1.807, 2.05) is 17.7 Å². The first-order valence-corrected chi connectivity index (χ1v) is 4.85. The summed E-state index contributed by atoms with van der Waals surface area (Å²) in [6, 6.07) is 1.70. The molecule has 15 heavy (non-hydrogen) atoms. The standard InChI is InChI=1S/C10H13N5/c1-2-15-9(3-4-14-15)10(11)8-5-12-7-13-6-8/h3-7,10H,2,11H2,1H3. The van der Waals surface area contributed by atoms with Gasteiger partial charge in [0.25, 0.3) is 0 Å². The van der Waals surface area contributed by atoms with Gasteiger partial charge in [0.15, 0.2) is 0 Å². The zero-order chi connectivity index (χ0) is 10.7. The molecule has 0 amide bonds. The maximum atomic E-state index is 6.10. The van der Waals surface area contributed by atoms with Crippen LogP contribution in [-0.4, -0.2) is 19.7 Å². The Kier molecular flexibility index (Phi) is 2.73. The van der Waals surface area contributed by atoms with Crippen molar-refractivity contribution in [2.45, 2.75) is 19.5 Å². The zero-order valence-electron chi connectivity index (χ0n) is 8.54. The van der Waals surface area contributed by atoms with Crippen LogP contribution in [0.25, 0.3) is 0 Å². The van der Waals surface area contributed by atoms with E-state index in [-0.39, 0.29) is 6.04 Å². The molecule has 0 aliphatic carbocycles. The smallest absolute Gasteiger partial charge is 0.115 e. The van der Waals surface area contributed by atoms with E-state index in [1.165, 1.54) is 6.33 Å². The van der Waals surface area contributed by atoms with Crippen LogP contribution >= 0.6 is 0 Å². The van der Waals surface area contributed by atoms with E-state index < -0.39 is 0 Å². The summed E-state index contributed by atoms with van der Waals surface area (Å²) < 4.78 is 1.87. The first-order valence-electron chi connectivity index (χ1n) is 4.85. The molecule has 0 aromatic carbocycles. The lowest BCUT2D eigenvalue weighted by Gasteiger charge is -2.12. The fourth-order valence-corrected chi connectivity index (χ4v) is 1.51. The highest BCUT2D eigenvalue weighted by Gasteiger charge is 2.13. The minimum absolute atomic E-state index is 0.214. The van der Waals surface area contributed by atoms with Crippen molar-refractivity contribution < 1.29 is 0 Å². The molecular weight excluding hydrogens is 190 g/mol. The summed E-state index contributed by atoms with van der Waals surface area (Å²) in [5, 5.41) is 4.18. The molecule has 0 aliphatic rings. The van der Waals surface area contributed by atoms with Gasteiger partial charge in [0.2, 0.25) is 0 Å². The van der Waals surface area contributed by atoms with Crippen LogP contribution in [0.15, 0.2) is 31.0 Å². The normalized spacial score (nSPS) is 12.7. The Morgan fingerprint density at radius 2 is 2.13 bits per heavy atom. The highest BCUT2D eigenvalue weighted by molar-refractivity contribution is 5.21. The third kappa shape index (κ3) is 1.87. The second kappa shape index (κ2) is 4.18. The Hall–Kier alpha value is -1.75. The molecule has 2 N–H and O–H groups in total. The third-order valence-electron chi connectivity index (χ3n) is 2.31. The van der Waals surface area contributed by atoms with E-state index in [1.54, 1.807) is 18.6 Å². The summed E-state index contributed by atoms with van der Waals surface area (Å²) in [6.07, 6.45) is 6.70. The van der Waals surface area contributed by atoms with Gasteiger partial charge in [0, 0.05) is 30.7 Å². The van der Waals surface area contributed by atoms with Gasteiger partial charge in [-0.1, -0.05) is 0 Å². The molecule has 2 heterocycles. The van der Waals surface area contributed by atoms with Crippen LogP contribution in [0.4, 0.5) is 0 Å². The van der Waals surface area contributed by atoms with Gasteiger partial charge in [-0.2, -0.15) is 5.10 Å². The number of nitrogens with zero attached hydrogens (tertiary/aromatic N) is 4.